The van der Waals surface area contributed by atoms with Gasteiger partial charge in [0.25, 0.3) is 11.6 Å². The Labute approximate surface area is 153 Å². The van der Waals surface area contributed by atoms with E-state index < -0.39 is 0 Å². The summed E-state index contributed by atoms with van der Waals surface area (Å²) in [5.74, 6) is 1.22. The van der Waals surface area contributed by atoms with Crippen LogP contribution in [-0.4, -0.2) is 21.0 Å². The first kappa shape index (κ1) is 16.5. The molecule has 0 saturated heterocycles. The van der Waals surface area contributed by atoms with Crippen LogP contribution in [0, 0.1) is 27.7 Å². The molecule has 0 aromatic carbocycles. The van der Waals surface area contributed by atoms with E-state index in [1.807, 2.05) is 26.8 Å². The molecule has 4 rings (SSSR count). The van der Waals surface area contributed by atoms with Gasteiger partial charge in [0, 0.05) is 16.6 Å². The van der Waals surface area contributed by atoms with E-state index in [1.54, 1.807) is 19.2 Å². The SMILES string of the molecule is Cc1cc(-c2cc(C(=O)Nc3ncc(C)s3)c3c(C)noc3n2)c(C)o1. The average molecular weight is 368 g/mol. The van der Waals surface area contributed by atoms with Crippen molar-refractivity contribution in [2.45, 2.75) is 27.7 Å². The van der Waals surface area contributed by atoms with Crippen LogP contribution in [0.3, 0.4) is 0 Å². The van der Waals surface area contributed by atoms with Gasteiger partial charge in [0.05, 0.1) is 22.3 Å². The summed E-state index contributed by atoms with van der Waals surface area (Å²) in [6.45, 7) is 7.44. The number of amides is 1. The van der Waals surface area contributed by atoms with Crippen molar-refractivity contribution in [3.63, 3.8) is 0 Å². The van der Waals surface area contributed by atoms with Gasteiger partial charge >= 0.3 is 0 Å². The van der Waals surface area contributed by atoms with E-state index in [0.29, 0.717) is 33.2 Å². The zero-order valence-corrected chi connectivity index (χ0v) is 15.5. The van der Waals surface area contributed by atoms with E-state index >= 15 is 0 Å². The summed E-state index contributed by atoms with van der Waals surface area (Å²) < 4.78 is 10.9. The van der Waals surface area contributed by atoms with Crippen molar-refractivity contribution in [3.8, 4) is 11.3 Å². The highest BCUT2D eigenvalue weighted by Gasteiger charge is 2.21. The molecule has 0 saturated carbocycles. The lowest BCUT2D eigenvalue weighted by Crippen LogP contribution is -2.13. The van der Waals surface area contributed by atoms with Crippen LogP contribution in [0.5, 0.6) is 0 Å². The maximum atomic E-state index is 12.9. The molecule has 0 aliphatic heterocycles. The van der Waals surface area contributed by atoms with Gasteiger partial charge in [-0.25, -0.2) is 9.97 Å². The Bertz CT molecular complexity index is 1140. The Hall–Kier alpha value is -3.00. The van der Waals surface area contributed by atoms with Crippen LogP contribution in [0.2, 0.25) is 0 Å². The van der Waals surface area contributed by atoms with Crippen LogP contribution >= 0.6 is 11.3 Å². The van der Waals surface area contributed by atoms with Crippen molar-refractivity contribution in [3.05, 3.63) is 46.0 Å². The van der Waals surface area contributed by atoms with Gasteiger partial charge in [0.1, 0.15) is 11.5 Å². The number of thiazole rings is 1. The highest BCUT2D eigenvalue weighted by atomic mass is 32.1. The lowest BCUT2D eigenvalue weighted by Gasteiger charge is -2.06. The van der Waals surface area contributed by atoms with E-state index in [-0.39, 0.29) is 5.91 Å². The van der Waals surface area contributed by atoms with E-state index in [9.17, 15) is 4.79 Å². The van der Waals surface area contributed by atoms with E-state index in [2.05, 4.69) is 20.4 Å². The number of nitrogens with zero attached hydrogens (tertiary/aromatic N) is 3. The normalized spacial score (nSPS) is 11.2. The van der Waals surface area contributed by atoms with Crippen molar-refractivity contribution in [1.82, 2.24) is 15.1 Å². The third-order valence-corrected chi connectivity index (χ3v) is 4.85. The standard InChI is InChI=1S/C18H16N4O3S/c1-8-5-12(11(4)24-8)14-6-13(15-10(3)22-25-17(15)20-14)16(23)21-18-19-7-9(2)26-18/h5-7H,1-4H3,(H,19,21,23). The van der Waals surface area contributed by atoms with Gasteiger partial charge in [-0.3, -0.25) is 10.1 Å². The zero-order valence-electron chi connectivity index (χ0n) is 14.7. The number of hydrogen-bond donors (Lipinski definition) is 1. The van der Waals surface area contributed by atoms with Gasteiger partial charge in [0.15, 0.2) is 5.13 Å². The van der Waals surface area contributed by atoms with Crippen LogP contribution in [-0.2, 0) is 0 Å². The molecule has 4 aromatic heterocycles. The predicted octanol–water partition coefficient (Wildman–Crippen LogP) is 4.43. The topological polar surface area (TPSA) is 94.1 Å². The Morgan fingerprint density at radius 1 is 1.19 bits per heavy atom. The van der Waals surface area contributed by atoms with E-state index in [1.165, 1.54) is 11.3 Å². The second-order valence-corrected chi connectivity index (χ2v) is 7.30. The molecule has 0 aliphatic rings. The number of hydrogen-bond acceptors (Lipinski definition) is 7. The molecule has 0 atom stereocenters. The Balaban J connectivity index is 1.85. The van der Waals surface area contributed by atoms with Crippen LogP contribution in [0.4, 0.5) is 5.13 Å². The number of aromatic nitrogens is 3. The highest BCUT2D eigenvalue weighted by molar-refractivity contribution is 7.15. The molecule has 0 fully saturated rings. The summed E-state index contributed by atoms with van der Waals surface area (Å²) in [7, 11) is 0. The van der Waals surface area contributed by atoms with Crippen molar-refractivity contribution >= 4 is 33.5 Å². The smallest absolute Gasteiger partial charge is 0.259 e. The fourth-order valence-electron chi connectivity index (χ4n) is 2.87. The number of nitrogens with one attached hydrogen (secondary N) is 1. The number of pyridine rings is 1. The first-order chi connectivity index (χ1) is 12.4. The maximum Gasteiger partial charge on any atom is 0.259 e. The van der Waals surface area contributed by atoms with Gasteiger partial charge in [-0.15, -0.1) is 11.3 Å². The molecular formula is C18H16N4O3S. The number of carbonyl (C=O) groups is 1. The first-order valence-corrected chi connectivity index (χ1v) is 8.82. The average Bonchev–Trinajstić information content (AvgIpc) is 3.26. The Kier molecular flexibility index (Phi) is 3.84. The molecule has 0 radical (unpaired) electrons. The molecule has 0 unspecified atom stereocenters. The molecule has 26 heavy (non-hydrogen) atoms. The Morgan fingerprint density at radius 3 is 2.65 bits per heavy atom. The summed E-state index contributed by atoms with van der Waals surface area (Å²) in [6.07, 6.45) is 1.72. The summed E-state index contributed by atoms with van der Waals surface area (Å²) in [6, 6.07) is 3.62. The minimum Gasteiger partial charge on any atom is -0.466 e. The van der Waals surface area contributed by atoms with Crippen LogP contribution in [0.25, 0.3) is 22.4 Å². The predicted molar refractivity (Wildman–Crippen MR) is 98.5 cm³/mol. The number of fused-ring (bicyclic) bond motifs is 1. The van der Waals surface area contributed by atoms with Crippen molar-refractivity contribution < 1.29 is 13.7 Å². The second kappa shape index (κ2) is 6.06. The molecule has 1 amide bonds. The molecule has 1 N–H and O–H groups in total. The fourth-order valence-corrected chi connectivity index (χ4v) is 3.53. The van der Waals surface area contributed by atoms with Crippen molar-refractivity contribution in [1.29, 1.82) is 0 Å². The maximum absolute atomic E-state index is 12.9. The molecule has 0 bridgehead atoms. The minimum absolute atomic E-state index is 0.280. The molecule has 8 heteroatoms. The second-order valence-electron chi connectivity index (χ2n) is 6.06. The summed E-state index contributed by atoms with van der Waals surface area (Å²) in [5.41, 5.74) is 2.79. The minimum atomic E-state index is -0.280. The lowest BCUT2D eigenvalue weighted by molar-refractivity contribution is 0.102. The van der Waals surface area contributed by atoms with Gasteiger partial charge in [-0.1, -0.05) is 5.16 Å². The molecule has 4 aromatic rings. The highest BCUT2D eigenvalue weighted by Crippen LogP contribution is 2.31. The third kappa shape index (κ3) is 2.78. The molecule has 132 valence electrons. The summed E-state index contributed by atoms with van der Waals surface area (Å²) >= 11 is 1.42. The lowest BCUT2D eigenvalue weighted by atomic mass is 10.1. The monoisotopic (exact) mass is 368 g/mol. The van der Waals surface area contributed by atoms with Gasteiger partial charge in [0.2, 0.25) is 0 Å². The van der Waals surface area contributed by atoms with E-state index in [4.69, 9.17) is 8.94 Å². The summed E-state index contributed by atoms with van der Waals surface area (Å²) in [4.78, 5) is 22.6. The van der Waals surface area contributed by atoms with Crippen LogP contribution < -0.4 is 5.32 Å². The molecule has 4 heterocycles. The van der Waals surface area contributed by atoms with Crippen molar-refractivity contribution in [2.24, 2.45) is 0 Å². The number of aryl methyl sites for hydroxylation is 4. The fraction of sp³-hybridized carbons (Fsp3) is 0.222. The Morgan fingerprint density at radius 2 is 2.00 bits per heavy atom. The van der Waals surface area contributed by atoms with Crippen LogP contribution in [0.1, 0.15) is 32.4 Å². The largest absolute Gasteiger partial charge is 0.466 e. The molecule has 0 spiro atoms. The number of furan rings is 1. The first-order valence-electron chi connectivity index (χ1n) is 8.00. The zero-order chi connectivity index (χ0) is 18.4. The van der Waals surface area contributed by atoms with Gasteiger partial charge in [-0.2, -0.15) is 0 Å². The van der Waals surface area contributed by atoms with Crippen LogP contribution in [0.15, 0.2) is 27.3 Å². The molecule has 7 nitrogen and oxygen atoms in total. The van der Waals surface area contributed by atoms with E-state index in [0.717, 1.165) is 22.0 Å². The number of anilines is 1. The van der Waals surface area contributed by atoms with Gasteiger partial charge < -0.3 is 8.94 Å². The molecule has 0 aliphatic carbocycles. The summed E-state index contributed by atoms with van der Waals surface area (Å²) in [5, 5.41) is 7.93. The number of rotatable bonds is 3. The molecular weight excluding hydrogens is 352 g/mol. The number of carbonyl (C=O) groups excluding carboxylic acids is 1. The van der Waals surface area contributed by atoms with Crippen molar-refractivity contribution in [2.75, 3.05) is 5.32 Å². The quantitative estimate of drug-likeness (QED) is 0.575. The van der Waals surface area contributed by atoms with Gasteiger partial charge in [-0.05, 0) is 39.8 Å². The third-order valence-electron chi connectivity index (χ3n) is 4.02.